The van der Waals surface area contributed by atoms with Crippen LogP contribution in [0, 0.1) is 0 Å². The Balaban J connectivity index is 2.08. The number of hydrogen-bond acceptors (Lipinski definition) is 3. The molecule has 0 aliphatic rings. The van der Waals surface area contributed by atoms with Crippen LogP contribution in [0.15, 0.2) is 42.6 Å². The number of aromatic nitrogens is 1. The molecule has 3 nitrogen and oxygen atoms in total. The van der Waals surface area contributed by atoms with E-state index in [9.17, 15) is 0 Å². The van der Waals surface area contributed by atoms with Gasteiger partial charge in [0.25, 0.3) is 0 Å². The highest BCUT2D eigenvalue weighted by molar-refractivity contribution is 6.32. The first-order valence-corrected chi connectivity index (χ1v) is 5.25. The Labute approximate surface area is 96.1 Å². The second-order valence-corrected chi connectivity index (χ2v) is 3.78. The van der Waals surface area contributed by atoms with E-state index in [4.69, 9.17) is 5.73 Å². The number of pyridine rings is 1. The van der Waals surface area contributed by atoms with Crippen LogP contribution in [0.4, 0.5) is 11.5 Å². The van der Waals surface area contributed by atoms with Crippen LogP contribution >= 0.6 is 0 Å². The quantitative estimate of drug-likeness (QED) is 0.728. The van der Waals surface area contributed by atoms with Gasteiger partial charge in [-0.15, -0.1) is 0 Å². The highest BCUT2D eigenvalue weighted by Gasteiger charge is 1.99. The molecule has 0 aliphatic carbocycles. The largest absolute Gasteiger partial charge is 0.382 e. The number of anilines is 2. The molecular formula is C12H14BN3. The maximum Gasteiger partial charge on any atom is 0.146 e. The molecule has 1 heterocycles. The number of nitrogens with one attached hydrogen (secondary N) is 1. The molecule has 4 heteroatoms. The van der Waals surface area contributed by atoms with Crippen LogP contribution < -0.4 is 16.5 Å². The smallest absolute Gasteiger partial charge is 0.146 e. The average molecular weight is 211 g/mol. The molecule has 1 aromatic heterocycles. The average Bonchev–Trinajstić information content (AvgIpc) is 2.32. The summed E-state index contributed by atoms with van der Waals surface area (Å²) in [6.07, 6.45) is 1.77. The van der Waals surface area contributed by atoms with Crippen molar-refractivity contribution in [1.82, 2.24) is 4.98 Å². The minimum absolute atomic E-state index is 0.543. The zero-order valence-electron chi connectivity index (χ0n) is 9.27. The van der Waals surface area contributed by atoms with Gasteiger partial charge in [-0.2, -0.15) is 0 Å². The van der Waals surface area contributed by atoms with Crippen LogP contribution in [-0.4, -0.2) is 12.8 Å². The summed E-state index contributed by atoms with van der Waals surface area (Å²) in [5.41, 5.74) is 9.00. The molecule has 0 unspecified atom stereocenters. The maximum absolute atomic E-state index is 5.78. The van der Waals surface area contributed by atoms with Gasteiger partial charge in [-0.3, -0.25) is 0 Å². The summed E-state index contributed by atoms with van der Waals surface area (Å²) in [7, 11) is 2.00. The summed E-state index contributed by atoms with van der Waals surface area (Å²) >= 11 is 0. The van der Waals surface area contributed by atoms with Gasteiger partial charge in [-0.25, -0.2) is 4.98 Å². The van der Waals surface area contributed by atoms with E-state index in [1.54, 1.807) is 6.20 Å². The number of nitrogens with zero attached hydrogens (tertiary/aromatic N) is 1. The SMILES string of the molecule is Bc1cnc(N)c(NCc2ccccc2)c1. The lowest BCUT2D eigenvalue weighted by Crippen LogP contribution is -2.10. The molecule has 80 valence electrons. The molecule has 0 fully saturated rings. The van der Waals surface area contributed by atoms with Gasteiger partial charge in [-0.1, -0.05) is 35.8 Å². The van der Waals surface area contributed by atoms with Crippen LogP contribution in [0.5, 0.6) is 0 Å². The number of rotatable bonds is 3. The minimum atomic E-state index is 0.543. The molecule has 1 aromatic carbocycles. The summed E-state index contributed by atoms with van der Waals surface area (Å²) in [6, 6.07) is 12.2. The van der Waals surface area contributed by atoms with Crippen molar-refractivity contribution in [2.24, 2.45) is 0 Å². The van der Waals surface area contributed by atoms with Gasteiger partial charge < -0.3 is 11.1 Å². The zero-order valence-corrected chi connectivity index (χ0v) is 9.27. The van der Waals surface area contributed by atoms with Gasteiger partial charge in [0, 0.05) is 12.7 Å². The summed E-state index contributed by atoms with van der Waals surface area (Å²) in [5.74, 6) is 0.543. The van der Waals surface area contributed by atoms with Crippen molar-refractivity contribution in [3.8, 4) is 0 Å². The van der Waals surface area contributed by atoms with Crippen LogP contribution in [0.3, 0.4) is 0 Å². The van der Waals surface area contributed by atoms with Crippen molar-refractivity contribution >= 4 is 24.8 Å². The Hall–Kier alpha value is -1.97. The van der Waals surface area contributed by atoms with E-state index in [0.29, 0.717) is 5.82 Å². The summed E-state index contributed by atoms with van der Waals surface area (Å²) in [6.45, 7) is 0.760. The predicted octanol–water partition coefficient (Wildman–Crippen LogP) is 0.534. The number of benzene rings is 1. The van der Waals surface area contributed by atoms with E-state index in [2.05, 4.69) is 22.4 Å². The predicted molar refractivity (Wildman–Crippen MR) is 70.6 cm³/mol. The number of nitrogen functional groups attached to an aromatic ring is 1. The second-order valence-electron chi connectivity index (χ2n) is 3.78. The molecule has 3 N–H and O–H groups in total. The molecule has 0 aliphatic heterocycles. The van der Waals surface area contributed by atoms with E-state index in [-0.39, 0.29) is 0 Å². The molecular weight excluding hydrogens is 197 g/mol. The van der Waals surface area contributed by atoms with E-state index < -0.39 is 0 Å². The number of hydrogen-bond donors (Lipinski definition) is 2. The fourth-order valence-corrected chi connectivity index (χ4v) is 1.51. The molecule has 16 heavy (non-hydrogen) atoms. The maximum atomic E-state index is 5.78. The summed E-state index contributed by atoms with van der Waals surface area (Å²) in [4.78, 5) is 4.11. The van der Waals surface area contributed by atoms with Crippen LogP contribution in [0.25, 0.3) is 0 Å². The fourth-order valence-electron chi connectivity index (χ4n) is 1.51. The molecule has 0 radical (unpaired) electrons. The van der Waals surface area contributed by atoms with Gasteiger partial charge >= 0.3 is 0 Å². The van der Waals surface area contributed by atoms with E-state index in [1.165, 1.54) is 5.56 Å². The third-order valence-electron chi connectivity index (χ3n) is 2.38. The standard InChI is InChI=1S/C12H14BN3/c13-10-6-11(12(14)16-8-10)15-7-9-4-2-1-3-5-9/h1-6,8,15H,7,13H2,(H2,14,16). The number of nitrogens with two attached hydrogens (primary N) is 1. The Morgan fingerprint density at radius 1 is 1.25 bits per heavy atom. The first-order chi connectivity index (χ1) is 7.75. The van der Waals surface area contributed by atoms with E-state index in [0.717, 1.165) is 17.7 Å². The third-order valence-corrected chi connectivity index (χ3v) is 2.38. The first-order valence-electron chi connectivity index (χ1n) is 5.25. The fraction of sp³-hybridized carbons (Fsp3) is 0.0833. The summed E-state index contributed by atoms with van der Waals surface area (Å²) in [5, 5.41) is 3.28. The van der Waals surface area contributed by atoms with E-state index in [1.807, 2.05) is 32.1 Å². The van der Waals surface area contributed by atoms with Crippen molar-refractivity contribution in [2.45, 2.75) is 6.54 Å². The molecule has 0 atom stereocenters. The van der Waals surface area contributed by atoms with Crippen molar-refractivity contribution in [3.63, 3.8) is 0 Å². The lowest BCUT2D eigenvalue weighted by atomic mass is 9.98. The minimum Gasteiger partial charge on any atom is -0.382 e. The van der Waals surface area contributed by atoms with Gasteiger partial charge in [0.1, 0.15) is 13.7 Å². The van der Waals surface area contributed by atoms with Gasteiger partial charge in [-0.05, 0) is 11.6 Å². The van der Waals surface area contributed by atoms with Gasteiger partial charge in [0.15, 0.2) is 0 Å². The lowest BCUT2D eigenvalue weighted by molar-refractivity contribution is 1.14. The lowest BCUT2D eigenvalue weighted by Gasteiger charge is -2.09. The highest BCUT2D eigenvalue weighted by atomic mass is 14.9. The molecule has 0 amide bonds. The molecule has 0 saturated heterocycles. The Kier molecular flexibility index (Phi) is 3.10. The highest BCUT2D eigenvalue weighted by Crippen LogP contribution is 2.13. The molecule has 0 saturated carbocycles. The monoisotopic (exact) mass is 211 g/mol. The van der Waals surface area contributed by atoms with Crippen molar-refractivity contribution in [2.75, 3.05) is 11.1 Å². The molecule has 0 spiro atoms. The van der Waals surface area contributed by atoms with Crippen molar-refractivity contribution < 1.29 is 0 Å². The third kappa shape index (κ3) is 2.54. The molecule has 2 aromatic rings. The topological polar surface area (TPSA) is 50.9 Å². The summed E-state index contributed by atoms with van der Waals surface area (Å²) < 4.78 is 0. The van der Waals surface area contributed by atoms with Crippen LogP contribution in [0.1, 0.15) is 5.56 Å². The van der Waals surface area contributed by atoms with E-state index >= 15 is 0 Å². The Morgan fingerprint density at radius 2 is 2.00 bits per heavy atom. The van der Waals surface area contributed by atoms with Crippen LogP contribution in [-0.2, 0) is 6.54 Å². The molecule has 0 bridgehead atoms. The first kappa shape index (κ1) is 10.5. The molecule has 2 rings (SSSR count). The zero-order chi connectivity index (χ0) is 11.4. The normalized spacial score (nSPS) is 10.0. The Bertz CT molecular complexity index is 471. The van der Waals surface area contributed by atoms with Crippen molar-refractivity contribution in [3.05, 3.63) is 48.2 Å². The van der Waals surface area contributed by atoms with Crippen molar-refractivity contribution in [1.29, 1.82) is 0 Å². The Morgan fingerprint density at radius 3 is 2.75 bits per heavy atom. The van der Waals surface area contributed by atoms with Crippen LogP contribution in [0.2, 0.25) is 0 Å². The second kappa shape index (κ2) is 4.70. The van der Waals surface area contributed by atoms with Gasteiger partial charge in [0.05, 0.1) is 5.69 Å². The van der Waals surface area contributed by atoms with Gasteiger partial charge in [0.2, 0.25) is 0 Å².